The van der Waals surface area contributed by atoms with E-state index in [1.165, 1.54) is 0 Å². The lowest BCUT2D eigenvalue weighted by Gasteiger charge is -2.15. The van der Waals surface area contributed by atoms with E-state index in [9.17, 15) is 5.11 Å². The second-order valence-electron chi connectivity index (χ2n) is 4.86. The number of hydrogen-bond acceptors (Lipinski definition) is 2. The molecular weight excluding hydrogens is 270 g/mol. The Morgan fingerprint density at radius 2 is 1.95 bits per heavy atom. The first-order chi connectivity index (χ1) is 9.65. The molecule has 1 heterocycles. The molecule has 1 unspecified atom stereocenters. The van der Waals surface area contributed by atoms with Gasteiger partial charge in [-0.3, -0.25) is 4.98 Å². The molecule has 0 aliphatic heterocycles. The minimum atomic E-state index is -0.668. The topological polar surface area (TPSA) is 33.1 Å². The number of pyridine rings is 1. The molecule has 0 saturated heterocycles. The van der Waals surface area contributed by atoms with E-state index in [1.54, 1.807) is 12.3 Å². The van der Waals surface area contributed by atoms with Crippen molar-refractivity contribution in [2.24, 2.45) is 0 Å². The van der Waals surface area contributed by atoms with Gasteiger partial charge in [-0.15, -0.1) is 0 Å². The standard InChI is InChI=1S/C17H14ClNO/c1-11-9-14(18)6-7-15(11)17(20)13-5-4-12-3-2-8-19-16(12)10-13/h2-10,17,20H,1H3. The number of nitrogens with zero attached hydrogens (tertiary/aromatic N) is 1. The van der Waals surface area contributed by atoms with E-state index < -0.39 is 6.10 Å². The Bertz CT molecular complexity index is 770. The van der Waals surface area contributed by atoms with Gasteiger partial charge in [0.05, 0.1) is 5.52 Å². The van der Waals surface area contributed by atoms with Crippen LogP contribution in [0.2, 0.25) is 5.02 Å². The van der Waals surface area contributed by atoms with Gasteiger partial charge in [0, 0.05) is 16.6 Å². The fourth-order valence-corrected chi connectivity index (χ4v) is 2.61. The van der Waals surface area contributed by atoms with Crippen LogP contribution >= 0.6 is 11.6 Å². The average Bonchev–Trinajstić information content (AvgIpc) is 2.46. The molecule has 0 amide bonds. The molecule has 0 aliphatic carbocycles. The molecular formula is C17H14ClNO. The maximum absolute atomic E-state index is 10.6. The number of aliphatic hydroxyl groups excluding tert-OH is 1. The van der Waals surface area contributed by atoms with Gasteiger partial charge in [-0.25, -0.2) is 0 Å². The molecule has 3 heteroatoms. The van der Waals surface area contributed by atoms with Gasteiger partial charge < -0.3 is 5.11 Å². The van der Waals surface area contributed by atoms with Crippen LogP contribution in [-0.4, -0.2) is 10.1 Å². The summed E-state index contributed by atoms with van der Waals surface area (Å²) in [5, 5.41) is 12.3. The van der Waals surface area contributed by atoms with Gasteiger partial charge in [0.15, 0.2) is 0 Å². The van der Waals surface area contributed by atoms with Crippen LogP contribution in [0.3, 0.4) is 0 Å². The Morgan fingerprint density at radius 1 is 1.10 bits per heavy atom. The molecule has 0 bridgehead atoms. The summed E-state index contributed by atoms with van der Waals surface area (Å²) in [4.78, 5) is 4.32. The molecule has 20 heavy (non-hydrogen) atoms. The molecule has 2 nitrogen and oxygen atoms in total. The fraction of sp³-hybridized carbons (Fsp3) is 0.118. The smallest absolute Gasteiger partial charge is 0.104 e. The van der Waals surface area contributed by atoms with Gasteiger partial charge in [0.1, 0.15) is 6.10 Å². The minimum Gasteiger partial charge on any atom is -0.384 e. The molecule has 3 aromatic rings. The molecule has 3 rings (SSSR count). The van der Waals surface area contributed by atoms with Crippen molar-refractivity contribution >= 4 is 22.5 Å². The largest absolute Gasteiger partial charge is 0.384 e. The zero-order chi connectivity index (χ0) is 14.1. The van der Waals surface area contributed by atoms with Crippen molar-refractivity contribution in [3.05, 3.63) is 76.4 Å². The zero-order valence-electron chi connectivity index (χ0n) is 11.0. The summed E-state index contributed by atoms with van der Waals surface area (Å²) in [6.45, 7) is 1.95. The Balaban J connectivity index is 2.05. The first kappa shape index (κ1) is 13.1. The number of hydrogen-bond donors (Lipinski definition) is 1. The molecule has 0 radical (unpaired) electrons. The van der Waals surface area contributed by atoms with Gasteiger partial charge in [-0.05, 0) is 47.9 Å². The van der Waals surface area contributed by atoms with E-state index in [2.05, 4.69) is 4.98 Å². The number of halogens is 1. The van der Waals surface area contributed by atoms with Crippen LogP contribution < -0.4 is 0 Å². The quantitative estimate of drug-likeness (QED) is 0.761. The van der Waals surface area contributed by atoms with Crippen molar-refractivity contribution < 1.29 is 5.11 Å². The lowest BCUT2D eigenvalue weighted by molar-refractivity contribution is 0.219. The minimum absolute atomic E-state index is 0.668. The van der Waals surface area contributed by atoms with Gasteiger partial charge >= 0.3 is 0 Å². The average molecular weight is 284 g/mol. The number of benzene rings is 2. The van der Waals surface area contributed by atoms with Gasteiger partial charge in [0.25, 0.3) is 0 Å². The number of aryl methyl sites for hydroxylation is 1. The zero-order valence-corrected chi connectivity index (χ0v) is 11.8. The van der Waals surface area contributed by atoms with Crippen molar-refractivity contribution in [2.45, 2.75) is 13.0 Å². The lowest BCUT2D eigenvalue weighted by atomic mass is 9.97. The Kier molecular flexibility index (Phi) is 3.43. The molecule has 1 aromatic heterocycles. The van der Waals surface area contributed by atoms with Crippen molar-refractivity contribution in [1.82, 2.24) is 4.98 Å². The molecule has 0 saturated carbocycles. The van der Waals surface area contributed by atoms with Gasteiger partial charge in [0.2, 0.25) is 0 Å². The highest BCUT2D eigenvalue weighted by Crippen LogP contribution is 2.28. The second-order valence-corrected chi connectivity index (χ2v) is 5.30. The van der Waals surface area contributed by atoms with Crippen molar-refractivity contribution in [1.29, 1.82) is 0 Å². The Hall–Kier alpha value is -1.90. The third-order valence-electron chi connectivity index (χ3n) is 3.47. The number of rotatable bonds is 2. The maximum atomic E-state index is 10.6. The Labute approximate surface area is 122 Å². The highest BCUT2D eigenvalue weighted by atomic mass is 35.5. The maximum Gasteiger partial charge on any atom is 0.104 e. The van der Waals surface area contributed by atoms with Gasteiger partial charge in [-0.2, -0.15) is 0 Å². The summed E-state index contributed by atoms with van der Waals surface area (Å²) < 4.78 is 0. The summed E-state index contributed by atoms with van der Waals surface area (Å²) >= 11 is 5.95. The van der Waals surface area contributed by atoms with E-state index in [0.29, 0.717) is 5.02 Å². The number of aliphatic hydroxyl groups is 1. The highest BCUT2D eigenvalue weighted by Gasteiger charge is 2.13. The lowest BCUT2D eigenvalue weighted by Crippen LogP contribution is -2.02. The highest BCUT2D eigenvalue weighted by molar-refractivity contribution is 6.30. The molecule has 1 atom stereocenters. The van der Waals surface area contributed by atoms with Gasteiger partial charge in [-0.1, -0.05) is 35.9 Å². The van der Waals surface area contributed by atoms with Crippen LogP contribution in [0.1, 0.15) is 22.8 Å². The van der Waals surface area contributed by atoms with Crippen LogP contribution in [0.25, 0.3) is 10.9 Å². The summed E-state index contributed by atoms with van der Waals surface area (Å²) in [5.41, 5.74) is 3.56. The third-order valence-corrected chi connectivity index (χ3v) is 3.71. The molecule has 0 fully saturated rings. The molecule has 0 spiro atoms. The van der Waals surface area contributed by atoms with Crippen molar-refractivity contribution in [2.75, 3.05) is 0 Å². The first-order valence-electron chi connectivity index (χ1n) is 6.44. The monoisotopic (exact) mass is 283 g/mol. The number of fused-ring (bicyclic) bond motifs is 1. The van der Waals surface area contributed by atoms with Crippen LogP contribution in [0.4, 0.5) is 0 Å². The van der Waals surface area contributed by atoms with E-state index in [0.717, 1.165) is 27.6 Å². The van der Waals surface area contributed by atoms with Crippen LogP contribution in [0, 0.1) is 6.92 Å². The first-order valence-corrected chi connectivity index (χ1v) is 6.82. The summed E-state index contributed by atoms with van der Waals surface area (Å²) in [5.74, 6) is 0. The van der Waals surface area contributed by atoms with Crippen molar-refractivity contribution in [3.63, 3.8) is 0 Å². The van der Waals surface area contributed by atoms with E-state index in [4.69, 9.17) is 11.6 Å². The fourth-order valence-electron chi connectivity index (χ4n) is 2.38. The predicted octanol–water partition coefficient (Wildman–Crippen LogP) is 4.28. The SMILES string of the molecule is Cc1cc(Cl)ccc1C(O)c1ccc2cccnc2c1. The normalized spacial score (nSPS) is 12.6. The predicted molar refractivity (Wildman–Crippen MR) is 82.0 cm³/mol. The molecule has 0 aliphatic rings. The van der Waals surface area contributed by atoms with E-state index in [-0.39, 0.29) is 0 Å². The number of aromatic nitrogens is 1. The third kappa shape index (κ3) is 2.40. The van der Waals surface area contributed by atoms with Crippen LogP contribution in [0.15, 0.2) is 54.7 Å². The van der Waals surface area contributed by atoms with Crippen molar-refractivity contribution in [3.8, 4) is 0 Å². The summed E-state index contributed by atoms with van der Waals surface area (Å²) in [7, 11) is 0. The van der Waals surface area contributed by atoms with E-state index >= 15 is 0 Å². The summed E-state index contributed by atoms with van der Waals surface area (Å²) in [6.07, 6.45) is 1.09. The molecule has 100 valence electrons. The van der Waals surface area contributed by atoms with E-state index in [1.807, 2.05) is 49.4 Å². The van der Waals surface area contributed by atoms with Crippen LogP contribution in [0.5, 0.6) is 0 Å². The molecule has 2 aromatic carbocycles. The van der Waals surface area contributed by atoms with Crippen LogP contribution in [-0.2, 0) is 0 Å². The second kappa shape index (κ2) is 5.23. The molecule has 1 N–H and O–H groups in total. The Morgan fingerprint density at radius 3 is 2.75 bits per heavy atom. The summed E-state index contributed by atoms with van der Waals surface area (Å²) in [6, 6.07) is 15.3.